The van der Waals surface area contributed by atoms with Crippen LogP contribution in [0, 0.1) is 0 Å². The van der Waals surface area contributed by atoms with Gasteiger partial charge in [-0.05, 0) is 36.2 Å². The minimum absolute atomic E-state index is 0. The number of hydrogen-bond acceptors (Lipinski definition) is 3. The zero-order valence-corrected chi connectivity index (χ0v) is 18.1. The quantitative estimate of drug-likeness (QED) is 0.294. The molecule has 0 aliphatic rings. The van der Waals surface area contributed by atoms with Crippen LogP contribution in [0.1, 0.15) is 12.5 Å². The fourth-order valence-electron chi connectivity index (χ4n) is 2.05. The third kappa shape index (κ3) is 7.19. The standard InChI is InChI=1S/C18H21Cl2N3O2.HI/c1-2-12-6-8-13(9-7-12)23-18(21)22-10-14(24)11-25-16-5-3-4-15(19)17(16)20;/h3-9,14,24H,2,10-11H2,1H3,(H3,21,22,23);1H. The van der Waals surface area contributed by atoms with E-state index in [4.69, 9.17) is 33.7 Å². The van der Waals surface area contributed by atoms with Crippen molar-refractivity contribution in [1.82, 2.24) is 0 Å². The van der Waals surface area contributed by atoms with Crippen LogP contribution in [0.4, 0.5) is 5.69 Å². The Morgan fingerprint density at radius 1 is 1.23 bits per heavy atom. The van der Waals surface area contributed by atoms with E-state index in [0.29, 0.717) is 15.8 Å². The maximum atomic E-state index is 9.96. The number of anilines is 1. The van der Waals surface area contributed by atoms with E-state index in [-0.39, 0.29) is 43.1 Å². The van der Waals surface area contributed by atoms with Gasteiger partial charge in [-0.3, -0.25) is 4.99 Å². The first-order chi connectivity index (χ1) is 12.0. The molecule has 8 heteroatoms. The van der Waals surface area contributed by atoms with E-state index < -0.39 is 6.10 Å². The summed E-state index contributed by atoms with van der Waals surface area (Å²) in [5.41, 5.74) is 7.91. The van der Waals surface area contributed by atoms with Crippen LogP contribution in [-0.4, -0.2) is 30.3 Å². The average molecular weight is 510 g/mol. The monoisotopic (exact) mass is 509 g/mol. The summed E-state index contributed by atoms with van der Waals surface area (Å²) in [5, 5.41) is 13.7. The fraction of sp³-hybridized carbons (Fsp3) is 0.278. The first-order valence-corrected chi connectivity index (χ1v) is 8.66. The molecule has 2 aromatic rings. The molecule has 0 aliphatic heterocycles. The van der Waals surface area contributed by atoms with Gasteiger partial charge in [0.15, 0.2) is 5.96 Å². The highest BCUT2D eigenvalue weighted by atomic mass is 127. The van der Waals surface area contributed by atoms with Gasteiger partial charge in [0.1, 0.15) is 23.5 Å². The van der Waals surface area contributed by atoms with Gasteiger partial charge in [-0.15, -0.1) is 24.0 Å². The maximum Gasteiger partial charge on any atom is 0.193 e. The predicted molar refractivity (Wildman–Crippen MR) is 119 cm³/mol. The molecule has 1 atom stereocenters. The number of nitrogens with two attached hydrogens (primary N) is 1. The zero-order chi connectivity index (χ0) is 18.2. The Bertz CT molecular complexity index is 727. The van der Waals surface area contributed by atoms with Crippen LogP contribution in [0.3, 0.4) is 0 Å². The van der Waals surface area contributed by atoms with Gasteiger partial charge in [0, 0.05) is 5.69 Å². The van der Waals surface area contributed by atoms with Crippen molar-refractivity contribution in [3.63, 3.8) is 0 Å². The number of aliphatic hydroxyl groups excluding tert-OH is 1. The number of halogens is 3. The Balaban J connectivity index is 0.00000338. The zero-order valence-electron chi connectivity index (χ0n) is 14.3. The topological polar surface area (TPSA) is 79.9 Å². The predicted octanol–water partition coefficient (Wildman–Crippen LogP) is 4.34. The van der Waals surface area contributed by atoms with Gasteiger partial charge in [0.25, 0.3) is 0 Å². The minimum atomic E-state index is -0.821. The first kappa shape index (κ1) is 22.8. The summed E-state index contributed by atoms with van der Waals surface area (Å²) in [4.78, 5) is 4.11. The second-order valence-corrected chi connectivity index (χ2v) is 6.20. The highest BCUT2D eigenvalue weighted by molar-refractivity contribution is 14.0. The number of hydrogen-bond donors (Lipinski definition) is 3. The molecule has 0 fully saturated rings. The van der Waals surface area contributed by atoms with E-state index in [1.807, 2.05) is 24.3 Å². The smallest absolute Gasteiger partial charge is 0.193 e. The number of aryl methyl sites for hydroxylation is 1. The molecule has 0 saturated carbocycles. The lowest BCUT2D eigenvalue weighted by molar-refractivity contribution is 0.114. The number of nitrogens with one attached hydrogen (secondary N) is 1. The Kier molecular flexibility index (Phi) is 10.1. The van der Waals surface area contributed by atoms with Crippen LogP contribution in [0.2, 0.25) is 10.0 Å². The molecule has 2 rings (SSSR count). The molecule has 0 spiro atoms. The van der Waals surface area contributed by atoms with Crippen molar-refractivity contribution in [2.75, 3.05) is 18.5 Å². The van der Waals surface area contributed by atoms with Crippen LogP contribution in [-0.2, 0) is 6.42 Å². The number of nitrogens with zero attached hydrogens (tertiary/aromatic N) is 1. The van der Waals surface area contributed by atoms with Gasteiger partial charge in [0.2, 0.25) is 0 Å². The lowest BCUT2D eigenvalue weighted by Gasteiger charge is -2.13. The second-order valence-electron chi connectivity index (χ2n) is 5.42. The summed E-state index contributed by atoms with van der Waals surface area (Å²) in [6.07, 6.45) is 0.157. The molecule has 1 unspecified atom stereocenters. The Morgan fingerprint density at radius 2 is 1.92 bits per heavy atom. The van der Waals surface area contributed by atoms with Crippen LogP contribution >= 0.6 is 47.2 Å². The van der Waals surface area contributed by atoms with Gasteiger partial charge in [-0.25, -0.2) is 0 Å². The number of aliphatic hydroxyl groups is 1. The molecule has 0 heterocycles. The Labute approximate surface area is 180 Å². The molecular formula is C18H22Cl2IN3O2. The molecule has 0 bridgehead atoms. The van der Waals surface area contributed by atoms with Crippen LogP contribution in [0.5, 0.6) is 5.75 Å². The molecule has 5 nitrogen and oxygen atoms in total. The van der Waals surface area contributed by atoms with Crippen molar-refractivity contribution >= 4 is 58.8 Å². The van der Waals surface area contributed by atoms with E-state index in [1.165, 1.54) is 5.56 Å². The Morgan fingerprint density at radius 3 is 2.58 bits per heavy atom. The van der Waals surface area contributed by atoms with E-state index in [9.17, 15) is 5.11 Å². The summed E-state index contributed by atoms with van der Waals surface area (Å²) >= 11 is 11.9. The van der Waals surface area contributed by atoms with E-state index in [2.05, 4.69) is 17.2 Å². The minimum Gasteiger partial charge on any atom is -0.489 e. The number of aliphatic imine (C=N–C) groups is 1. The number of guanidine groups is 1. The highest BCUT2D eigenvalue weighted by Gasteiger charge is 2.09. The molecule has 142 valence electrons. The van der Waals surface area contributed by atoms with Gasteiger partial charge in [-0.1, -0.05) is 48.3 Å². The molecule has 0 aromatic heterocycles. The summed E-state index contributed by atoms with van der Waals surface area (Å²) in [6, 6.07) is 13.0. The van der Waals surface area contributed by atoms with Crippen molar-refractivity contribution in [3.05, 3.63) is 58.1 Å². The summed E-state index contributed by atoms with van der Waals surface area (Å²) in [7, 11) is 0. The van der Waals surface area contributed by atoms with E-state index in [1.54, 1.807) is 18.2 Å². The Hall–Kier alpha value is -1.22. The molecule has 0 radical (unpaired) electrons. The van der Waals surface area contributed by atoms with Crippen molar-refractivity contribution < 1.29 is 9.84 Å². The normalized spacial score (nSPS) is 12.2. The van der Waals surface area contributed by atoms with Crippen molar-refractivity contribution in [3.8, 4) is 5.75 Å². The third-order valence-electron chi connectivity index (χ3n) is 3.45. The van der Waals surface area contributed by atoms with Crippen LogP contribution in [0.25, 0.3) is 0 Å². The number of rotatable bonds is 7. The molecule has 2 aromatic carbocycles. The first-order valence-electron chi connectivity index (χ1n) is 7.90. The highest BCUT2D eigenvalue weighted by Crippen LogP contribution is 2.31. The third-order valence-corrected chi connectivity index (χ3v) is 4.26. The average Bonchev–Trinajstić information content (AvgIpc) is 2.62. The van der Waals surface area contributed by atoms with Crippen LogP contribution < -0.4 is 15.8 Å². The molecular weight excluding hydrogens is 488 g/mol. The van der Waals surface area contributed by atoms with Gasteiger partial charge >= 0.3 is 0 Å². The van der Waals surface area contributed by atoms with Gasteiger partial charge < -0.3 is 20.9 Å². The largest absolute Gasteiger partial charge is 0.489 e. The number of benzene rings is 2. The summed E-state index contributed by atoms with van der Waals surface area (Å²) < 4.78 is 5.46. The lowest BCUT2D eigenvalue weighted by Crippen LogP contribution is -2.27. The van der Waals surface area contributed by atoms with E-state index in [0.717, 1.165) is 12.1 Å². The van der Waals surface area contributed by atoms with Crippen molar-refractivity contribution in [1.29, 1.82) is 0 Å². The van der Waals surface area contributed by atoms with Gasteiger partial charge in [0.05, 0.1) is 11.6 Å². The molecule has 4 N–H and O–H groups in total. The molecule has 0 amide bonds. The maximum absolute atomic E-state index is 9.96. The molecule has 0 aliphatic carbocycles. The SMILES string of the molecule is CCc1ccc(NC(N)=NCC(O)COc2cccc(Cl)c2Cl)cc1.I. The molecule has 26 heavy (non-hydrogen) atoms. The lowest BCUT2D eigenvalue weighted by atomic mass is 10.1. The second kappa shape index (κ2) is 11.5. The van der Waals surface area contributed by atoms with E-state index >= 15 is 0 Å². The van der Waals surface area contributed by atoms with Crippen molar-refractivity contribution in [2.45, 2.75) is 19.4 Å². The summed E-state index contributed by atoms with van der Waals surface area (Å²) in [6.45, 7) is 2.23. The fourth-order valence-corrected chi connectivity index (χ4v) is 2.40. The van der Waals surface area contributed by atoms with Crippen molar-refractivity contribution in [2.24, 2.45) is 10.7 Å². The van der Waals surface area contributed by atoms with Crippen LogP contribution in [0.15, 0.2) is 47.5 Å². The molecule has 0 saturated heterocycles. The number of ether oxygens (including phenoxy) is 1. The van der Waals surface area contributed by atoms with Gasteiger partial charge in [-0.2, -0.15) is 0 Å². The summed E-state index contributed by atoms with van der Waals surface area (Å²) in [5.74, 6) is 0.642.